The highest BCUT2D eigenvalue weighted by Crippen LogP contribution is 2.26. The van der Waals surface area contributed by atoms with Gasteiger partial charge >= 0.3 is 0 Å². The molecule has 35 heavy (non-hydrogen) atoms. The lowest BCUT2D eigenvalue weighted by molar-refractivity contribution is -0.136. The summed E-state index contributed by atoms with van der Waals surface area (Å²) < 4.78 is 14.8. The molecule has 0 radical (unpaired) electrons. The van der Waals surface area contributed by atoms with Crippen molar-refractivity contribution in [2.75, 3.05) is 11.9 Å². The van der Waals surface area contributed by atoms with Crippen molar-refractivity contribution in [2.24, 2.45) is 5.73 Å². The van der Waals surface area contributed by atoms with E-state index in [1.54, 1.807) is 49.6 Å². The van der Waals surface area contributed by atoms with Gasteiger partial charge in [0, 0.05) is 29.9 Å². The van der Waals surface area contributed by atoms with E-state index < -0.39 is 29.9 Å². The minimum Gasteiger partial charge on any atom is -0.366 e. The summed E-state index contributed by atoms with van der Waals surface area (Å²) in [6.07, 6.45) is 1.63. The Morgan fingerprint density at radius 3 is 2.60 bits per heavy atom. The van der Waals surface area contributed by atoms with Crippen LogP contribution >= 0.6 is 15.9 Å². The van der Waals surface area contributed by atoms with Crippen molar-refractivity contribution in [1.29, 1.82) is 0 Å². The molecule has 9 nitrogen and oxygen atoms in total. The first-order chi connectivity index (χ1) is 16.7. The van der Waals surface area contributed by atoms with Gasteiger partial charge < -0.3 is 16.0 Å². The number of pyridine rings is 1. The second-order valence-electron chi connectivity index (χ2n) is 8.21. The van der Waals surface area contributed by atoms with Crippen molar-refractivity contribution in [3.8, 4) is 11.1 Å². The van der Waals surface area contributed by atoms with Crippen LogP contribution in [-0.4, -0.2) is 56.3 Å². The number of carbonyl (C=O) groups is 3. The van der Waals surface area contributed by atoms with Crippen LogP contribution in [0.15, 0.2) is 53.4 Å². The molecule has 0 saturated carbocycles. The number of halogens is 2. The quantitative estimate of drug-likeness (QED) is 0.462. The number of carbonyl (C=O) groups excluding carboxylic acids is 3. The third-order valence-corrected chi connectivity index (χ3v) is 6.03. The minimum absolute atomic E-state index is 0.112. The van der Waals surface area contributed by atoms with Gasteiger partial charge in [0.25, 0.3) is 0 Å². The summed E-state index contributed by atoms with van der Waals surface area (Å²) >= 11 is 3.23. The molecule has 0 aliphatic carbocycles. The summed E-state index contributed by atoms with van der Waals surface area (Å²) in [7, 11) is 0. The fraction of sp³-hybridized carbons (Fsp3) is 0.250. The van der Waals surface area contributed by atoms with Crippen LogP contribution in [0.2, 0.25) is 0 Å². The van der Waals surface area contributed by atoms with Gasteiger partial charge in [0.2, 0.25) is 17.7 Å². The number of aryl methyl sites for hydroxylation is 1. The molecule has 0 spiro atoms. The van der Waals surface area contributed by atoms with Gasteiger partial charge in [-0.1, -0.05) is 12.1 Å². The van der Waals surface area contributed by atoms with Crippen molar-refractivity contribution in [1.82, 2.24) is 19.9 Å². The molecule has 0 bridgehead atoms. The first kappa shape index (κ1) is 24.4. The zero-order chi connectivity index (χ0) is 25.1. The molecule has 2 aromatic heterocycles. The molecule has 1 aromatic carbocycles. The van der Waals surface area contributed by atoms with E-state index in [-0.39, 0.29) is 24.9 Å². The third-order valence-electron chi connectivity index (χ3n) is 5.59. The third kappa shape index (κ3) is 5.86. The van der Waals surface area contributed by atoms with E-state index in [2.05, 4.69) is 36.2 Å². The standard InChI is InChI=1S/C24H22BrFN6O3/c1-13-28-10-17(11-29-13)15-5-14(6-16(8-15)23(27)34)7-22(33)32-12-18(26)9-19(32)24(35)31-21-4-2-3-20(25)30-21/h2-6,8,10-11,18-19H,7,9,12H2,1H3,(H2,27,34)(H,30,31,35)/t18-,19+/m1/s1. The summed E-state index contributed by atoms with van der Waals surface area (Å²) in [4.78, 5) is 51.6. The van der Waals surface area contributed by atoms with Crippen molar-refractivity contribution < 1.29 is 18.8 Å². The lowest BCUT2D eigenvalue weighted by Gasteiger charge is -2.23. The Morgan fingerprint density at radius 2 is 1.91 bits per heavy atom. The van der Waals surface area contributed by atoms with Crippen LogP contribution in [0.5, 0.6) is 0 Å². The zero-order valence-electron chi connectivity index (χ0n) is 18.7. The Labute approximate surface area is 209 Å². The molecular weight excluding hydrogens is 519 g/mol. The molecule has 2 atom stereocenters. The number of primary amides is 1. The molecule has 3 heterocycles. The van der Waals surface area contributed by atoms with Crippen LogP contribution in [0.4, 0.5) is 10.2 Å². The number of rotatable bonds is 6. The second kappa shape index (κ2) is 10.3. The molecule has 3 N–H and O–H groups in total. The smallest absolute Gasteiger partial charge is 0.248 e. The van der Waals surface area contributed by atoms with Gasteiger partial charge in [-0.25, -0.2) is 19.3 Å². The number of anilines is 1. The van der Waals surface area contributed by atoms with Gasteiger partial charge in [-0.05, 0) is 58.2 Å². The lowest BCUT2D eigenvalue weighted by atomic mass is 9.99. The average molecular weight is 541 g/mol. The topological polar surface area (TPSA) is 131 Å². The molecular formula is C24H22BrFN6O3. The number of hydrogen-bond donors (Lipinski definition) is 2. The summed E-state index contributed by atoms with van der Waals surface area (Å²) in [6, 6.07) is 8.86. The molecule has 4 rings (SSSR count). The molecule has 1 fully saturated rings. The molecule has 3 aromatic rings. The van der Waals surface area contributed by atoms with E-state index in [1.165, 1.54) is 11.0 Å². The fourth-order valence-corrected chi connectivity index (χ4v) is 4.26. The molecule has 1 aliphatic heterocycles. The van der Waals surface area contributed by atoms with Crippen LogP contribution in [-0.2, 0) is 16.0 Å². The van der Waals surface area contributed by atoms with Crippen molar-refractivity contribution in [2.45, 2.75) is 32.0 Å². The van der Waals surface area contributed by atoms with Gasteiger partial charge in [0.1, 0.15) is 28.5 Å². The van der Waals surface area contributed by atoms with E-state index in [1.807, 2.05) is 0 Å². The molecule has 1 saturated heterocycles. The van der Waals surface area contributed by atoms with Crippen LogP contribution in [0.1, 0.15) is 28.2 Å². The molecule has 0 unspecified atom stereocenters. The maximum atomic E-state index is 14.3. The fourth-order valence-electron chi connectivity index (χ4n) is 3.92. The average Bonchev–Trinajstić information content (AvgIpc) is 3.21. The summed E-state index contributed by atoms with van der Waals surface area (Å²) in [5.74, 6) is -0.740. The lowest BCUT2D eigenvalue weighted by Crippen LogP contribution is -2.44. The number of hydrogen-bond acceptors (Lipinski definition) is 6. The van der Waals surface area contributed by atoms with Crippen molar-refractivity contribution >= 4 is 39.5 Å². The molecule has 180 valence electrons. The number of likely N-dealkylation sites (tertiary alicyclic amines) is 1. The summed E-state index contributed by atoms with van der Waals surface area (Å²) in [5, 5.41) is 2.64. The van der Waals surface area contributed by atoms with Crippen molar-refractivity contribution in [3.05, 3.63) is 70.3 Å². The second-order valence-corrected chi connectivity index (χ2v) is 9.02. The SMILES string of the molecule is Cc1ncc(-c2cc(CC(=O)N3C[C@H](F)C[C@H]3C(=O)Nc3cccc(Br)n3)cc(C(N)=O)c2)cn1. The number of benzene rings is 1. The van der Waals surface area contributed by atoms with Gasteiger partial charge in [-0.2, -0.15) is 0 Å². The summed E-state index contributed by atoms with van der Waals surface area (Å²) in [6.45, 7) is 1.55. The van der Waals surface area contributed by atoms with Gasteiger partial charge in [-0.3, -0.25) is 14.4 Å². The van der Waals surface area contributed by atoms with Crippen LogP contribution in [0, 0.1) is 6.92 Å². The Hall–Kier alpha value is -3.73. The minimum atomic E-state index is -1.33. The van der Waals surface area contributed by atoms with E-state index in [0.717, 1.165) is 0 Å². The Kier molecular flexibility index (Phi) is 7.15. The van der Waals surface area contributed by atoms with Crippen LogP contribution in [0.3, 0.4) is 0 Å². The van der Waals surface area contributed by atoms with E-state index in [4.69, 9.17) is 5.73 Å². The number of amides is 3. The van der Waals surface area contributed by atoms with Crippen LogP contribution < -0.4 is 11.1 Å². The normalized spacial score (nSPS) is 17.3. The first-order valence-corrected chi connectivity index (χ1v) is 11.6. The van der Waals surface area contributed by atoms with Gasteiger partial charge in [0.05, 0.1) is 13.0 Å². The van der Waals surface area contributed by atoms with E-state index in [0.29, 0.717) is 32.9 Å². The number of aromatic nitrogens is 3. The maximum absolute atomic E-state index is 14.3. The highest BCUT2D eigenvalue weighted by Gasteiger charge is 2.39. The monoisotopic (exact) mass is 540 g/mol. The molecule has 11 heteroatoms. The summed E-state index contributed by atoms with van der Waals surface area (Å²) in [5.41, 5.74) is 7.47. The predicted molar refractivity (Wildman–Crippen MR) is 130 cm³/mol. The largest absolute Gasteiger partial charge is 0.366 e. The number of alkyl halides is 1. The molecule has 1 aliphatic rings. The van der Waals surface area contributed by atoms with Crippen molar-refractivity contribution in [3.63, 3.8) is 0 Å². The maximum Gasteiger partial charge on any atom is 0.248 e. The van der Waals surface area contributed by atoms with E-state index in [9.17, 15) is 18.8 Å². The Bertz CT molecular complexity index is 1290. The van der Waals surface area contributed by atoms with Gasteiger partial charge in [0.15, 0.2) is 0 Å². The van der Waals surface area contributed by atoms with Crippen LogP contribution in [0.25, 0.3) is 11.1 Å². The highest BCUT2D eigenvalue weighted by atomic mass is 79.9. The van der Waals surface area contributed by atoms with Gasteiger partial charge in [-0.15, -0.1) is 0 Å². The molecule has 3 amide bonds. The Morgan fingerprint density at radius 1 is 1.17 bits per heavy atom. The highest BCUT2D eigenvalue weighted by molar-refractivity contribution is 9.10. The Balaban J connectivity index is 1.56. The number of nitrogens with two attached hydrogens (primary N) is 1. The number of nitrogens with zero attached hydrogens (tertiary/aromatic N) is 4. The zero-order valence-corrected chi connectivity index (χ0v) is 20.3. The predicted octanol–water partition coefficient (Wildman–Crippen LogP) is 2.83. The van der Waals surface area contributed by atoms with E-state index >= 15 is 0 Å². The number of nitrogens with one attached hydrogen (secondary N) is 1. The first-order valence-electron chi connectivity index (χ1n) is 10.8.